The quantitative estimate of drug-likeness (QED) is 0.468. The fraction of sp³-hybridized carbons (Fsp3) is 0.577. The molecule has 200 valence electrons. The van der Waals surface area contributed by atoms with Crippen molar-refractivity contribution in [2.75, 3.05) is 26.9 Å². The summed E-state index contributed by atoms with van der Waals surface area (Å²) in [7, 11) is 1.59. The second kappa shape index (κ2) is 10.6. The van der Waals surface area contributed by atoms with Crippen LogP contribution in [0.5, 0.6) is 5.75 Å². The number of ether oxygens (including phenoxy) is 3. The lowest BCUT2D eigenvalue weighted by atomic mass is 9.74. The number of carboxylic acid groups (broad SMARTS) is 1. The Hall–Kier alpha value is -2.08. The molecule has 0 radical (unpaired) electrons. The van der Waals surface area contributed by atoms with Gasteiger partial charge in [-0.05, 0) is 66.6 Å². The van der Waals surface area contributed by atoms with Crippen LogP contribution in [0.2, 0.25) is 0 Å². The molecule has 0 bridgehead atoms. The number of halogens is 1. The summed E-state index contributed by atoms with van der Waals surface area (Å²) < 4.78 is 18.5. The average Bonchev–Trinajstić information content (AvgIpc) is 3.16. The number of thioether (sulfide) groups is 1. The number of imide groups is 1. The van der Waals surface area contributed by atoms with Gasteiger partial charge in [0.25, 0.3) is 0 Å². The number of fused-ring (bicyclic) bond motifs is 1. The van der Waals surface area contributed by atoms with E-state index in [2.05, 4.69) is 15.9 Å². The van der Waals surface area contributed by atoms with Crippen molar-refractivity contribution in [2.45, 2.75) is 62.1 Å². The molecule has 0 aromatic heterocycles. The molecule has 1 N–H and O–H groups in total. The smallest absolute Gasteiger partial charge is 0.330 e. The van der Waals surface area contributed by atoms with Crippen LogP contribution in [-0.2, 0) is 19.1 Å². The SMILES string of the molecule is COc1ccccc1[C@H](CN1C(=O)N(C2(C(=O)O)CCC2)C(=O)C2C(C)=C(Br)SC21)OC1CCOCC1. The predicted molar refractivity (Wildman–Crippen MR) is 140 cm³/mol. The first-order valence-electron chi connectivity index (χ1n) is 12.6. The van der Waals surface area contributed by atoms with Crippen molar-refractivity contribution in [1.29, 1.82) is 0 Å². The Kier molecular flexibility index (Phi) is 7.59. The average molecular weight is 596 g/mol. The number of methoxy groups -OCH3 is 1. The number of carboxylic acids is 1. The molecule has 3 amide bonds. The first kappa shape index (κ1) is 26.5. The van der Waals surface area contributed by atoms with Crippen LogP contribution in [0.25, 0.3) is 0 Å². The normalized spacial score (nSPS) is 26.7. The number of para-hydroxylation sites is 1. The second-order valence-corrected chi connectivity index (χ2v) is 12.4. The minimum Gasteiger partial charge on any atom is -0.496 e. The molecule has 3 fully saturated rings. The number of carbonyl (C=O) groups excluding carboxylic acids is 2. The molecule has 3 aliphatic heterocycles. The van der Waals surface area contributed by atoms with Crippen molar-refractivity contribution in [3.05, 3.63) is 39.2 Å². The summed E-state index contributed by atoms with van der Waals surface area (Å²) in [6.07, 6.45) is 2.05. The molecule has 9 nitrogen and oxygen atoms in total. The number of amides is 3. The maximum Gasteiger partial charge on any atom is 0.330 e. The molecule has 37 heavy (non-hydrogen) atoms. The van der Waals surface area contributed by atoms with Crippen molar-refractivity contribution in [2.24, 2.45) is 5.92 Å². The number of benzene rings is 1. The van der Waals surface area contributed by atoms with E-state index in [1.54, 1.807) is 12.0 Å². The van der Waals surface area contributed by atoms with Crippen LogP contribution in [0, 0.1) is 5.92 Å². The van der Waals surface area contributed by atoms with Crippen molar-refractivity contribution in [1.82, 2.24) is 9.80 Å². The highest BCUT2D eigenvalue weighted by Gasteiger charge is 2.61. The van der Waals surface area contributed by atoms with E-state index in [-0.39, 0.29) is 25.5 Å². The van der Waals surface area contributed by atoms with Gasteiger partial charge in [0.2, 0.25) is 5.91 Å². The summed E-state index contributed by atoms with van der Waals surface area (Å²) >= 11 is 4.98. The minimum absolute atomic E-state index is 0.0584. The number of hydrogen-bond donors (Lipinski definition) is 1. The summed E-state index contributed by atoms with van der Waals surface area (Å²) in [6, 6.07) is 6.97. The number of rotatable bonds is 8. The first-order valence-corrected chi connectivity index (χ1v) is 14.2. The van der Waals surface area contributed by atoms with Crippen molar-refractivity contribution >= 4 is 45.6 Å². The van der Waals surface area contributed by atoms with E-state index in [0.717, 1.165) is 32.7 Å². The van der Waals surface area contributed by atoms with Gasteiger partial charge in [-0.15, -0.1) is 0 Å². The van der Waals surface area contributed by atoms with Crippen molar-refractivity contribution in [3.63, 3.8) is 0 Å². The van der Waals surface area contributed by atoms with E-state index in [1.807, 2.05) is 31.2 Å². The molecule has 0 spiro atoms. The Balaban J connectivity index is 1.53. The summed E-state index contributed by atoms with van der Waals surface area (Å²) in [5.41, 5.74) is 0.105. The monoisotopic (exact) mass is 594 g/mol. The van der Waals surface area contributed by atoms with Crippen LogP contribution in [0.4, 0.5) is 4.79 Å². The third-order valence-electron chi connectivity index (χ3n) is 7.90. The fourth-order valence-corrected chi connectivity index (χ4v) is 7.72. The molecule has 1 aromatic rings. The van der Waals surface area contributed by atoms with Crippen LogP contribution in [-0.4, -0.2) is 76.7 Å². The minimum atomic E-state index is -1.50. The zero-order valence-corrected chi connectivity index (χ0v) is 23.3. The molecular formula is C26H31BrN2O7S. The van der Waals surface area contributed by atoms with E-state index >= 15 is 0 Å². The molecule has 3 atom stereocenters. The molecule has 2 unspecified atom stereocenters. The molecule has 4 aliphatic rings. The number of hydrogen-bond acceptors (Lipinski definition) is 7. The van der Waals surface area contributed by atoms with Crippen LogP contribution >= 0.6 is 27.7 Å². The highest BCUT2D eigenvalue weighted by atomic mass is 79.9. The van der Waals surface area contributed by atoms with Gasteiger partial charge in [0.1, 0.15) is 22.8 Å². The van der Waals surface area contributed by atoms with Gasteiger partial charge in [-0.1, -0.05) is 30.0 Å². The largest absolute Gasteiger partial charge is 0.496 e. The number of nitrogens with zero attached hydrogens (tertiary/aromatic N) is 2. The predicted octanol–water partition coefficient (Wildman–Crippen LogP) is 4.52. The van der Waals surface area contributed by atoms with Gasteiger partial charge in [-0.2, -0.15) is 0 Å². The van der Waals surface area contributed by atoms with Gasteiger partial charge < -0.3 is 24.2 Å². The number of carbonyl (C=O) groups is 3. The lowest BCUT2D eigenvalue weighted by Gasteiger charge is -2.52. The molecule has 1 aromatic carbocycles. The molecule has 5 rings (SSSR count). The van der Waals surface area contributed by atoms with Crippen LogP contribution in [0.15, 0.2) is 33.7 Å². The van der Waals surface area contributed by atoms with E-state index in [0.29, 0.717) is 25.4 Å². The maximum atomic E-state index is 14.1. The molecular weight excluding hydrogens is 564 g/mol. The Bertz CT molecular complexity index is 1120. The van der Waals surface area contributed by atoms with Gasteiger partial charge in [0.15, 0.2) is 0 Å². The Morgan fingerprint density at radius 2 is 1.97 bits per heavy atom. The lowest BCUT2D eigenvalue weighted by molar-refractivity contribution is -0.166. The fourth-order valence-electron chi connectivity index (χ4n) is 5.62. The summed E-state index contributed by atoms with van der Waals surface area (Å²) in [4.78, 5) is 42.8. The lowest BCUT2D eigenvalue weighted by Crippen LogP contribution is -2.71. The number of urea groups is 1. The molecule has 1 aliphatic carbocycles. The van der Waals surface area contributed by atoms with Gasteiger partial charge >= 0.3 is 12.0 Å². The molecule has 3 heterocycles. The first-order chi connectivity index (χ1) is 17.8. The second-order valence-electron chi connectivity index (χ2n) is 9.92. The van der Waals surface area contributed by atoms with Gasteiger partial charge in [0.05, 0.1) is 29.5 Å². The Morgan fingerprint density at radius 1 is 1.27 bits per heavy atom. The molecule has 11 heteroatoms. The third-order valence-corrected chi connectivity index (χ3v) is 10.4. The summed E-state index contributed by atoms with van der Waals surface area (Å²) in [6.45, 7) is 3.21. The zero-order chi connectivity index (χ0) is 26.3. The Morgan fingerprint density at radius 3 is 2.59 bits per heavy atom. The van der Waals surface area contributed by atoms with E-state index in [1.165, 1.54) is 11.8 Å². The van der Waals surface area contributed by atoms with Gasteiger partial charge in [0, 0.05) is 18.8 Å². The number of aliphatic carboxylic acids is 1. The summed E-state index contributed by atoms with van der Waals surface area (Å²) in [5.74, 6) is -1.56. The Labute approximate surface area is 228 Å². The highest BCUT2D eigenvalue weighted by Crippen LogP contribution is 2.52. The summed E-state index contributed by atoms with van der Waals surface area (Å²) in [5, 5.41) is 9.62. The third kappa shape index (κ3) is 4.57. The van der Waals surface area contributed by atoms with E-state index < -0.39 is 40.8 Å². The standard InChI is InChI=1S/C26H31BrN2O7S/c1-15-20-22(30)29(26(24(31)32)10-5-11-26)25(33)28(23(20)37-21(15)27)14-19(36-16-8-12-35-13-9-16)17-6-3-4-7-18(17)34-2/h3-4,6-7,16,19-20,23H,5,8-14H2,1-2H3,(H,31,32)/t19-,20?,23?/m0/s1. The van der Waals surface area contributed by atoms with Crippen LogP contribution in [0.1, 0.15) is 50.7 Å². The zero-order valence-electron chi connectivity index (χ0n) is 20.9. The highest BCUT2D eigenvalue weighted by molar-refractivity contribution is 9.14. The topological polar surface area (TPSA) is 106 Å². The van der Waals surface area contributed by atoms with Crippen LogP contribution < -0.4 is 4.74 Å². The van der Waals surface area contributed by atoms with Gasteiger partial charge in [-0.3, -0.25) is 4.79 Å². The van der Waals surface area contributed by atoms with Crippen LogP contribution in [0.3, 0.4) is 0 Å². The van der Waals surface area contributed by atoms with Crippen molar-refractivity contribution < 1.29 is 33.7 Å². The van der Waals surface area contributed by atoms with Gasteiger partial charge in [-0.25, -0.2) is 14.5 Å². The molecule has 1 saturated carbocycles. The molecule has 2 saturated heterocycles. The van der Waals surface area contributed by atoms with E-state index in [4.69, 9.17) is 14.2 Å². The maximum absolute atomic E-state index is 14.1. The van der Waals surface area contributed by atoms with E-state index in [9.17, 15) is 19.5 Å². The van der Waals surface area contributed by atoms with Crippen molar-refractivity contribution in [3.8, 4) is 5.75 Å².